The predicted molar refractivity (Wildman–Crippen MR) is 77.8 cm³/mol. The first-order valence-corrected chi connectivity index (χ1v) is 6.16. The number of carbonyl (C=O) groups is 1. The first-order chi connectivity index (χ1) is 8.97. The number of anilines is 2. The summed E-state index contributed by atoms with van der Waals surface area (Å²) in [6.45, 7) is 7.64. The fourth-order valence-electron chi connectivity index (χ4n) is 2.07. The molecular weight excluding hydrogens is 240 g/mol. The summed E-state index contributed by atoms with van der Waals surface area (Å²) in [5.41, 5.74) is 12.6. The average molecular weight is 258 g/mol. The van der Waals surface area contributed by atoms with Crippen LogP contribution in [-0.4, -0.2) is 11.6 Å². The number of amides is 1. The number of nitrogens with one attached hydrogen (secondary N) is 2. The molecule has 1 amide bonds. The number of nitrogens with two attached hydrogens (primary N) is 1. The Labute approximate surface area is 112 Å². The number of hydrogen-bond acceptors (Lipinski definition) is 4. The van der Waals surface area contributed by atoms with Gasteiger partial charge in [-0.1, -0.05) is 19.6 Å². The number of hydrazone groups is 1. The van der Waals surface area contributed by atoms with E-state index in [1.807, 2.05) is 32.0 Å². The van der Waals surface area contributed by atoms with E-state index < -0.39 is 0 Å². The first-order valence-electron chi connectivity index (χ1n) is 6.16. The zero-order chi connectivity index (χ0) is 14.0. The Balaban J connectivity index is 2.29. The van der Waals surface area contributed by atoms with Crippen molar-refractivity contribution in [3.8, 4) is 0 Å². The van der Waals surface area contributed by atoms with Crippen LogP contribution in [0.2, 0.25) is 0 Å². The maximum absolute atomic E-state index is 11.2. The second-order valence-electron chi connectivity index (χ2n) is 4.84. The Morgan fingerprint density at radius 1 is 1.58 bits per heavy atom. The monoisotopic (exact) mass is 258 g/mol. The molecule has 0 bridgehead atoms. The van der Waals surface area contributed by atoms with Crippen molar-refractivity contribution in [2.45, 2.75) is 20.3 Å². The molecule has 5 heteroatoms. The molecular formula is C14H18N4O. The second kappa shape index (κ2) is 5.14. The van der Waals surface area contributed by atoms with Gasteiger partial charge in [0.2, 0.25) is 5.91 Å². The highest BCUT2D eigenvalue weighted by molar-refractivity contribution is 6.06. The number of benzene rings is 1. The molecule has 19 heavy (non-hydrogen) atoms. The van der Waals surface area contributed by atoms with Crippen molar-refractivity contribution in [3.63, 3.8) is 0 Å². The third kappa shape index (κ3) is 2.93. The number of nitrogens with zero attached hydrogens (tertiary/aromatic N) is 1. The van der Waals surface area contributed by atoms with Crippen molar-refractivity contribution in [1.29, 1.82) is 0 Å². The molecule has 0 saturated carbocycles. The van der Waals surface area contributed by atoms with Crippen molar-refractivity contribution >= 4 is 23.0 Å². The van der Waals surface area contributed by atoms with E-state index in [0.717, 1.165) is 22.7 Å². The van der Waals surface area contributed by atoms with Crippen LogP contribution in [0.1, 0.15) is 25.8 Å². The van der Waals surface area contributed by atoms with Crippen LogP contribution in [0.3, 0.4) is 0 Å². The van der Waals surface area contributed by atoms with Gasteiger partial charge >= 0.3 is 0 Å². The summed E-state index contributed by atoms with van der Waals surface area (Å²) in [6.07, 6.45) is 0.449. The number of rotatable bonds is 3. The van der Waals surface area contributed by atoms with Crippen LogP contribution >= 0.6 is 0 Å². The third-order valence-corrected chi connectivity index (χ3v) is 2.95. The van der Waals surface area contributed by atoms with Crippen LogP contribution in [0.15, 0.2) is 35.6 Å². The van der Waals surface area contributed by atoms with Crippen molar-refractivity contribution in [2.24, 2.45) is 11.0 Å². The van der Waals surface area contributed by atoms with Gasteiger partial charge in [-0.15, -0.1) is 0 Å². The van der Waals surface area contributed by atoms with Gasteiger partial charge in [-0.25, -0.2) is 5.43 Å². The van der Waals surface area contributed by atoms with E-state index >= 15 is 0 Å². The zero-order valence-electron chi connectivity index (χ0n) is 11.2. The Morgan fingerprint density at radius 3 is 2.89 bits per heavy atom. The van der Waals surface area contributed by atoms with Crippen LogP contribution in [0, 0.1) is 5.92 Å². The summed E-state index contributed by atoms with van der Waals surface area (Å²) < 4.78 is 0. The van der Waals surface area contributed by atoms with E-state index in [1.54, 1.807) is 0 Å². The Kier molecular flexibility index (Phi) is 3.55. The van der Waals surface area contributed by atoms with Gasteiger partial charge in [0.15, 0.2) is 0 Å². The highest BCUT2D eigenvalue weighted by Gasteiger charge is 2.21. The topological polar surface area (TPSA) is 79.5 Å². The van der Waals surface area contributed by atoms with Crippen LogP contribution < -0.4 is 16.5 Å². The van der Waals surface area contributed by atoms with Crippen molar-refractivity contribution in [1.82, 2.24) is 5.43 Å². The lowest BCUT2D eigenvalue weighted by atomic mass is 9.93. The van der Waals surface area contributed by atoms with Gasteiger partial charge < -0.3 is 11.1 Å². The summed E-state index contributed by atoms with van der Waals surface area (Å²) in [7, 11) is 0. The Morgan fingerprint density at radius 2 is 2.32 bits per heavy atom. The zero-order valence-corrected chi connectivity index (χ0v) is 11.2. The average Bonchev–Trinajstić information content (AvgIpc) is 2.31. The number of allylic oxidation sites excluding steroid dienone is 1. The van der Waals surface area contributed by atoms with Gasteiger partial charge in [0.25, 0.3) is 0 Å². The lowest BCUT2D eigenvalue weighted by molar-refractivity contribution is -0.121. The lowest BCUT2D eigenvalue weighted by Gasteiger charge is -2.20. The second-order valence-corrected chi connectivity index (χ2v) is 4.84. The molecule has 1 aromatic carbocycles. The molecule has 0 saturated heterocycles. The first kappa shape index (κ1) is 13.1. The molecule has 0 aromatic heterocycles. The smallest absolute Gasteiger partial charge is 0.240 e. The standard InChI is InChI=1S/C14H18N4O/c1-8(2)16-12-5-4-10(7-11(12)15)14-9(3)6-13(19)17-18-14/h4-5,7,9,16H,1,6,15H2,2-3H3,(H,17,19). The quantitative estimate of drug-likeness (QED) is 0.726. The molecule has 1 atom stereocenters. The number of nitrogen functional groups attached to an aromatic ring is 1. The van der Waals surface area contributed by atoms with E-state index in [-0.39, 0.29) is 11.8 Å². The minimum Gasteiger partial charge on any atom is -0.397 e. The molecule has 5 nitrogen and oxygen atoms in total. The minimum absolute atomic E-state index is 0.0511. The van der Waals surface area contributed by atoms with E-state index in [0.29, 0.717) is 12.1 Å². The Hall–Kier alpha value is -2.30. The third-order valence-electron chi connectivity index (χ3n) is 2.95. The molecule has 1 heterocycles. The molecule has 1 aliphatic rings. The highest BCUT2D eigenvalue weighted by Crippen LogP contribution is 2.24. The van der Waals surface area contributed by atoms with Crippen LogP contribution in [0.25, 0.3) is 0 Å². The lowest BCUT2D eigenvalue weighted by Crippen LogP contribution is -2.32. The number of hydrogen-bond donors (Lipinski definition) is 3. The van der Waals surface area contributed by atoms with Gasteiger partial charge in [-0.05, 0) is 19.1 Å². The van der Waals surface area contributed by atoms with Crippen LogP contribution in [0.5, 0.6) is 0 Å². The fraction of sp³-hybridized carbons (Fsp3) is 0.286. The molecule has 0 fully saturated rings. The van der Waals surface area contributed by atoms with Gasteiger partial charge in [-0.3, -0.25) is 4.79 Å². The highest BCUT2D eigenvalue weighted by atomic mass is 16.2. The van der Waals surface area contributed by atoms with Crippen molar-refractivity contribution in [2.75, 3.05) is 11.1 Å². The normalized spacial score (nSPS) is 18.5. The maximum atomic E-state index is 11.2. The SMILES string of the molecule is C=C(C)Nc1ccc(C2=NNC(=O)CC2C)cc1N. The molecule has 0 radical (unpaired) electrons. The van der Waals surface area contributed by atoms with Crippen molar-refractivity contribution < 1.29 is 4.79 Å². The predicted octanol–water partition coefficient (Wildman–Crippen LogP) is 2.07. The fourth-order valence-corrected chi connectivity index (χ4v) is 2.07. The molecule has 2 rings (SSSR count). The molecule has 0 spiro atoms. The Bertz CT molecular complexity index is 563. The van der Waals surface area contributed by atoms with E-state index in [1.165, 1.54) is 0 Å². The van der Waals surface area contributed by atoms with E-state index in [2.05, 4.69) is 22.4 Å². The number of carbonyl (C=O) groups excluding carboxylic acids is 1. The van der Waals surface area contributed by atoms with E-state index in [4.69, 9.17) is 5.73 Å². The summed E-state index contributed by atoms with van der Waals surface area (Å²) in [5.74, 6) is 0.0397. The van der Waals surface area contributed by atoms with Crippen LogP contribution in [0.4, 0.5) is 11.4 Å². The van der Waals surface area contributed by atoms with Gasteiger partial charge in [0.1, 0.15) is 0 Å². The molecule has 0 aliphatic carbocycles. The van der Waals surface area contributed by atoms with Crippen molar-refractivity contribution in [3.05, 3.63) is 36.0 Å². The minimum atomic E-state index is -0.0511. The molecule has 1 aliphatic heterocycles. The van der Waals surface area contributed by atoms with Gasteiger partial charge in [0.05, 0.1) is 17.1 Å². The largest absolute Gasteiger partial charge is 0.397 e. The summed E-state index contributed by atoms with van der Waals surface area (Å²) in [4.78, 5) is 11.2. The van der Waals surface area contributed by atoms with Gasteiger partial charge in [-0.2, -0.15) is 5.10 Å². The molecule has 1 unspecified atom stereocenters. The van der Waals surface area contributed by atoms with Gasteiger partial charge in [0, 0.05) is 23.6 Å². The molecule has 4 N–H and O–H groups in total. The summed E-state index contributed by atoms with van der Waals surface area (Å²) in [6, 6.07) is 5.69. The summed E-state index contributed by atoms with van der Waals surface area (Å²) in [5, 5.41) is 7.21. The summed E-state index contributed by atoms with van der Waals surface area (Å²) >= 11 is 0. The van der Waals surface area contributed by atoms with Crippen LogP contribution in [-0.2, 0) is 4.79 Å². The maximum Gasteiger partial charge on any atom is 0.240 e. The molecule has 100 valence electrons. The van der Waals surface area contributed by atoms with E-state index in [9.17, 15) is 4.79 Å². The molecule has 1 aromatic rings.